The maximum absolute atomic E-state index is 13.6. The predicted molar refractivity (Wildman–Crippen MR) is 73.4 cm³/mol. The van der Waals surface area contributed by atoms with Gasteiger partial charge in [-0.25, -0.2) is 4.39 Å². The van der Waals surface area contributed by atoms with Gasteiger partial charge in [-0.2, -0.15) is 0 Å². The second-order valence-corrected chi connectivity index (χ2v) is 5.68. The summed E-state index contributed by atoms with van der Waals surface area (Å²) in [4.78, 5) is 2.27. The van der Waals surface area contributed by atoms with Gasteiger partial charge in [-0.3, -0.25) is 0 Å². The first-order valence-corrected chi connectivity index (χ1v) is 6.74. The number of benzene rings is 1. The molecule has 0 bridgehead atoms. The molecule has 0 heterocycles. The third kappa shape index (κ3) is 2.68. The number of nitrogens with one attached hydrogen (secondary N) is 1. The van der Waals surface area contributed by atoms with Crippen LogP contribution in [0.4, 0.5) is 4.39 Å². The molecule has 0 unspecified atom stereocenters. The molecule has 1 N–H and O–H groups in total. The molecule has 0 aliphatic heterocycles. The number of likely N-dealkylation sites (N-methyl/N-ethyl adjacent to an activating group) is 1. The van der Waals surface area contributed by atoms with Gasteiger partial charge in [0.1, 0.15) is 5.82 Å². The van der Waals surface area contributed by atoms with Crippen molar-refractivity contribution in [3.8, 4) is 0 Å². The zero-order valence-corrected chi connectivity index (χ0v) is 11.7. The van der Waals surface area contributed by atoms with E-state index in [-0.39, 0.29) is 11.4 Å². The summed E-state index contributed by atoms with van der Waals surface area (Å²) in [5, 5.41) is 3.84. The van der Waals surface area contributed by atoms with Crippen LogP contribution in [0.5, 0.6) is 0 Å². The number of nitrogens with zero attached hydrogens (tertiary/aromatic N) is 1. The lowest BCUT2D eigenvalue weighted by atomic mass is 9.75. The molecule has 0 saturated heterocycles. The fraction of sp³-hybridized carbons (Fsp3) is 0.571. The van der Waals surface area contributed by atoms with Gasteiger partial charge in [-0.1, -0.05) is 17.7 Å². The molecule has 2 rings (SSSR count). The fourth-order valence-corrected chi connectivity index (χ4v) is 2.72. The largest absolute Gasteiger partial charge is 0.311 e. The molecule has 18 heavy (non-hydrogen) atoms. The lowest BCUT2D eigenvalue weighted by Gasteiger charge is -2.47. The van der Waals surface area contributed by atoms with Gasteiger partial charge in [0.05, 0.1) is 0 Å². The Balaban J connectivity index is 1.92. The number of rotatable bonds is 5. The van der Waals surface area contributed by atoms with Gasteiger partial charge in [-0.05, 0) is 45.5 Å². The molecule has 0 atom stereocenters. The Morgan fingerprint density at radius 3 is 2.61 bits per heavy atom. The van der Waals surface area contributed by atoms with Crippen molar-refractivity contribution < 1.29 is 4.39 Å². The molecule has 1 saturated carbocycles. The molecule has 1 aromatic carbocycles. The number of hydrogen-bond acceptors (Lipinski definition) is 2. The third-order valence-corrected chi connectivity index (χ3v) is 4.40. The van der Waals surface area contributed by atoms with E-state index in [1.54, 1.807) is 12.1 Å². The summed E-state index contributed by atoms with van der Waals surface area (Å²) >= 11 is 6.00. The summed E-state index contributed by atoms with van der Waals surface area (Å²) in [5.41, 5.74) is 0.810. The minimum atomic E-state index is -0.234. The quantitative estimate of drug-likeness (QED) is 0.885. The maximum Gasteiger partial charge on any atom is 0.129 e. The second-order valence-electron chi connectivity index (χ2n) is 5.28. The van der Waals surface area contributed by atoms with Gasteiger partial charge in [-0.15, -0.1) is 0 Å². The minimum absolute atomic E-state index is 0.234. The van der Waals surface area contributed by atoms with Gasteiger partial charge in [0, 0.05) is 29.2 Å². The highest BCUT2D eigenvalue weighted by molar-refractivity contribution is 6.31. The first kappa shape index (κ1) is 13.8. The van der Waals surface area contributed by atoms with Crippen molar-refractivity contribution in [3.63, 3.8) is 0 Å². The van der Waals surface area contributed by atoms with Gasteiger partial charge in [0.2, 0.25) is 0 Å². The van der Waals surface area contributed by atoms with Crippen LogP contribution >= 0.6 is 11.6 Å². The maximum atomic E-state index is 13.6. The first-order chi connectivity index (χ1) is 8.55. The lowest BCUT2D eigenvalue weighted by molar-refractivity contribution is 0.0597. The van der Waals surface area contributed by atoms with E-state index in [0.29, 0.717) is 17.1 Å². The highest BCUT2D eigenvalue weighted by Gasteiger charge is 2.38. The summed E-state index contributed by atoms with van der Waals surface area (Å²) in [6.45, 7) is 1.37. The molecule has 0 amide bonds. The van der Waals surface area contributed by atoms with Crippen molar-refractivity contribution in [1.82, 2.24) is 10.2 Å². The van der Waals surface area contributed by atoms with Crippen LogP contribution in [-0.2, 0) is 6.54 Å². The summed E-state index contributed by atoms with van der Waals surface area (Å²) < 4.78 is 13.6. The average Bonchev–Trinajstić information content (AvgIpc) is 2.24. The Kier molecular flexibility index (Phi) is 4.25. The van der Waals surface area contributed by atoms with Crippen molar-refractivity contribution in [2.45, 2.75) is 31.3 Å². The Labute approximate surface area is 113 Å². The van der Waals surface area contributed by atoms with E-state index in [9.17, 15) is 4.39 Å². The monoisotopic (exact) mass is 270 g/mol. The van der Waals surface area contributed by atoms with E-state index in [4.69, 9.17) is 11.6 Å². The van der Waals surface area contributed by atoms with E-state index in [1.807, 2.05) is 0 Å². The van der Waals surface area contributed by atoms with Crippen LogP contribution in [0.15, 0.2) is 18.2 Å². The molecular weight excluding hydrogens is 251 g/mol. The Hall–Kier alpha value is -0.640. The van der Waals surface area contributed by atoms with Crippen LogP contribution in [0.1, 0.15) is 24.8 Å². The van der Waals surface area contributed by atoms with E-state index in [2.05, 4.69) is 24.3 Å². The zero-order chi connectivity index (χ0) is 13.2. The zero-order valence-electron chi connectivity index (χ0n) is 11.0. The standard InChI is InChI=1S/C14H20ClFN2/c1-18(2)14(7-4-8-14)10-17-9-11-12(15)5-3-6-13(11)16/h3,5-6,17H,4,7-10H2,1-2H3. The Bertz CT molecular complexity index is 396. The molecule has 1 aliphatic carbocycles. The molecule has 1 fully saturated rings. The number of halogens is 2. The fourth-order valence-electron chi connectivity index (χ4n) is 2.49. The minimum Gasteiger partial charge on any atom is -0.311 e. The smallest absolute Gasteiger partial charge is 0.129 e. The van der Waals surface area contributed by atoms with E-state index in [0.717, 1.165) is 6.54 Å². The van der Waals surface area contributed by atoms with Gasteiger partial charge in [0.25, 0.3) is 0 Å². The summed E-state index contributed by atoms with van der Waals surface area (Å²) in [6.07, 6.45) is 3.69. The van der Waals surface area contributed by atoms with E-state index in [1.165, 1.54) is 25.3 Å². The normalized spacial score (nSPS) is 17.8. The highest BCUT2D eigenvalue weighted by Crippen LogP contribution is 2.35. The molecule has 0 spiro atoms. The molecule has 0 aromatic heterocycles. The van der Waals surface area contributed by atoms with E-state index >= 15 is 0 Å². The average molecular weight is 271 g/mol. The van der Waals surface area contributed by atoms with Crippen LogP contribution in [-0.4, -0.2) is 31.1 Å². The van der Waals surface area contributed by atoms with Crippen molar-refractivity contribution in [2.24, 2.45) is 0 Å². The SMILES string of the molecule is CN(C)C1(CNCc2c(F)cccc2Cl)CCC1. The first-order valence-electron chi connectivity index (χ1n) is 6.36. The molecule has 0 radical (unpaired) electrons. The van der Waals surface area contributed by atoms with Gasteiger partial charge < -0.3 is 10.2 Å². The van der Waals surface area contributed by atoms with Crippen LogP contribution in [0.3, 0.4) is 0 Å². The second kappa shape index (κ2) is 5.55. The molecule has 4 heteroatoms. The van der Waals surface area contributed by atoms with Crippen molar-refractivity contribution >= 4 is 11.6 Å². The predicted octanol–water partition coefficient (Wildman–Crippen LogP) is 3.05. The van der Waals surface area contributed by atoms with Gasteiger partial charge in [0.15, 0.2) is 0 Å². The Morgan fingerprint density at radius 2 is 2.11 bits per heavy atom. The number of hydrogen-bond donors (Lipinski definition) is 1. The summed E-state index contributed by atoms with van der Waals surface area (Å²) in [7, 11) is 4.22. The van der Waals surface area contributed by atoms with Crippen molar-refractivity contribution in [3.05, 3.63) is 34.6 Å². The van der Waals surface area contributed by atoms with Crippen LogP contribution in [0.2, 0.25) is 5.02 Å². The lowest BCUT2D eigenvalue weighted by Crippen LogP contribution is -2.56. The van der Waals surface area contributed by atoms with E-state index < -0.39 is 0 Å². The van der Waals surface area contributed by atoms with Crippen LogP contribution in [0.25, 0.3) is 0 Å². The molecule has 100 valence electrons. The molecule has 1 aromatic rings. The highest BCUT2D eigenvalue weighted by atomic mass is 35.5. The molecular formula is C14H20ClFN2. The molecule has 2 nitrogen and oxygen atoms in total. The van der Waals surface area contributed by atoms with Crippen LogP contribution in [0, 0.1) is 5.82 Å². The molecule has 1 aliphatic rings. The van der Waals surface area contributed by atoms with Gasteiger partial charge >= 0.3 is 0 Å². The van der Waals surface area contributed by atoms with Crippen molar-refractivity contribution in [2.75, 3.05) is 20.6 Å². The summed E-state index contributed by atoms with van der Waals surface area (Å²) in [5.74, 6) is -0.234. The summed E-state index contributed by atoms with van der Waals surface area (Å²) in [6, 6.07) is 4.81. The van der Waals surface area contributed by atoms with Crippen molar-refractivity contribution in [1.29, 1.82) is 0 Å². The van der Waals surface area contributed by atoms with Crippen LogP contribution < -0.4 is 5.32 Å². The third-order valence-electron chi connectivity index (χ3n) is 4.05. The Morgan fingerprint density at radius 1 is 1.39 bits per heavy atom. The topological polar surface area (TPSA) is 15.3 Å².